The van der Waals surface area contributed by atoms with E-state index in [0.29, 0.717) is 11.3 Å². The van der Waals surface area contributed by atoms with Crippen LogP contribution in [0.1, 0.15) is 37.6 Å². The highest BCUT2D eigenvalue weighted by Crippen LogP contribution is 2.36. The van der Waals surface area contributed by atoms with Crippen LogP contribution in [0.5, 0.6) is 17.2 Å². The molecule has 204 valence electrons. The molecule has 0 fully saturated rings. The van der Waals surface area contributed by atoms with Crippen LogP contribution in [0.15, 0.2) is 102 Å². The average Bonchev–Trinajstić information content (AvgIpc) is 2.96. The summed E-state index contributed by atoms with van der Waals surface area (Å²) in [6, 6.07) is 19.7. The van der Waals surface area contributed by atoms with Crippen molar-refractivity contribution in [2.75, 3.05) is 0 Å². The molecule has 0 radical (unpaired) electrons. The summed E-state index contributed by atoms with van der Waals surface area (Å²) in [7, 11) is -4.03. The first-order chi connectivity index (χ1) is 19.6. The molecule has 0 amide bonds. The smallest absolute Gasteiger partial charge is 0.343 e. The molecule has 2 heterocycles. The average molecular weight is 631 g/mol. The van der Waals surface area contributed by atoms with Gasteiger partial charge in [-0.15, -0.1) is 0 Å². The molecule has 0 unspecified atom stereocenters. The van der Waals surface area contributed by atoms with E-state index in [1.807, 2.05) is 0 Å². The Hall–Kier alpha value is -4.54. The van der Waals surface area contributed by atoms with Crippen molar-refractivity contribution in [3.63, 3.8) is 0 Å². The van der Waals surface area contributed by atoms with Crippen molar-refractivity contribution in [3.05, 3.63) is 122 Å². The Morgan fingerprint density at radius 3 is 2.32 bits per heavy atom. The Kier molecular flexibility index (Phi) is 6.39. The van der Waals surface area contributed by atoms with Crippen molar-refractivity contribution in [2.45, 2.75) is 23.6 Å². The third-order valence-electron chi connectivity index (χ3n) is 6.79. The van der Waals surface area contributed by atoms with Crippen LogP contribution in [0.25, 0.3) is 11.0 Å². The lowest BCUT2D eigenvalue weighted by atomic mass is 10.0. The van der Waals surface area contributed by atoms with Gasteiger partial charge < -0.3 is 13.9 Å². The van der Waals surface area contributed by atoms with Gasteiger partial charge in [-0.1, -0.05) is 28.1 Å². The number of hydrogen-bond donors (Lipinski definition) is 0. The Labute approximate surface area is 242 Å². The van der Waals surface area contributed by atoms with Crippen molar-refractivity contribution in [1.82, 2.24) is 0 Å². The van der Waals surface area contributed by atoms with E-state index in [1.54, 1.807) is 44.2 Å². The molecule has 1 aliphatic heterocycles. The number of aryl methyl sites for hydroxylation is 2. The molecule has 0 spiro atoms. The van der Waals surface area contributed by atoms with E-state index in [2.05, 4.69) is 15.9 Å². The van der Waals surface area contributed by atoms with Gasteiger partial charge in [-0.05, 0) is 80.6 Å². The Morgan fingerprint density at radius 1 is 0.854 bits per heavy atom. The SMILES string of the molecule is Cc1oc2c(C)c(OC(=O)c3ccc4c(c3)S(=O)(=O)c3ccccc3C4=O)ccc2c(=O)c1Oc1ccc(Br)cc1. The Morgan fingerprint density at radius 2 is 1.56 bits per heavy atom. The number of benzene rings is 4. The maximum Gasteiger partial charge on any atom is 0.343 e. The fourth-order valence-corrected chi connectivity index (χ4v) is 6.63. The van der Waals surface area contributed by atoms with Gasteiger partial charge in [0.15, 0.2) is 5.78 Å². The second-order valence-corrected chi connectivity index (χ2v) is 12.2. The van der Waals surface area contributed by atoms with Crippen molar-refractivity contribution in [2.24, 2.45) is 0 Å². The van der Waals surface area contributed by atoms with Crippen LogP contribution in [0.2, 0.25) is 0 Å². The lowest BCUT2D eigenvalue weighted by molar-refractivity contribution is 0.0733. The summed E-state index contributed by atoms with van der Waals surface area (Å²) in [6.45, 7) is 3.23. The Balaban J connectivity index is 1.33. The van der Waals surface area contributed by atoms with Crippen LogP contribution in [0.3, 0.4) is 0 Å². The molecule has 10 heteroatoms. The normalized spacial score (nSPS) is 13.4. The predicted octanol–water partition coefficient (Wildman–Crippen LogP) is 6.56. The van der Waals surface area contributed by atoms with Gasteiger partial charge in [0.25, 0.3) is 0 Å². The van der Waals surface area contributed by atoms with Crippen LogP contribution < -0.4 is 14.9 Å². The molecule has 1 aliphatic rings. The topological polar surface area (TPSA) is 117 Å². The number of fused-ring (bicyclic) bond motifs is 3. The van der Waals surface area contributed by atoms with Crippen LogP contribution in [-0.2, 0) is 9.84 Å². The summed E-state index contributed by atoms with van der Waals surface area (Å²) >= 11 is 3.36. The predicted molar refractivity (Wildman–Crippen MR) is 153 cm³/mol. The summed E-state index contributed by atoms with van der Waals surface area (Å²) in [5, 5.41) is 0.233. The lowest BCUT2D eigenvalue weighted by Crippen LogP contribution is -2.21. The highest BCUT2D eigenvalue weighted by atomic mass is 79.9. The summed E-state index contributed by atoms with van der Waals surface area (Å²) in [5.74, 6) is -0.427. The molecular weight excluding hydrogens is 612 g/mol. The van der Waals surface area contributed by atoms with Gasteiger partial charge in [-0.25, -0.2) is 13.2 Å². The fourth-order valence-electron chi connectivity index (χ4n) is 4.68. The third-order valence-corrected chi connectivity index (χ3v) is 9.17. The Bertz CT molecular complexity index is 2090. The molecule has 8 nitrogen and oxygen atoms in total. The summed E-state index contributed by atoms with van der Waals surface area (Å²) in [4.78, 5) is 38.9. The second kappa shape index (κ2) is 9.83. The van der Waals surface area contributed by atoms with Gasteiger partial charge in [0.1, 0.15) is 22.8 Å². The summed E-state index contributed by atoms with van der Waals surface area (Å²) < 4.78 is 44.7. The van der Waals surface area contributed by atoms with E-state index in [0.717, 1.165) is 10.5 Å². The number of halogens is 1. The number of rotatable bonds is 4. The van der Waals surface area contributed by atoms with E-state index in [-0.39, 0.29) is 54.7 Å². The van der Waals surface area contributed by atoms with Gasteiger partial charge in [0.05, 0.1) is 20.7 Å². The third kappa shape index (κ3) is 4.45. The molecule has 0 saturated carbocycles. The number of carbonyl (C=O) groups is 2. The van der Waals surface area contributed by atoms with E-state index in [4.69, 9.17) is 13.9 Å². The molecule has 0 aliphatic carbocycles. The highest BCUT2D eigenvalue weighted by Gasteiger charge is 2.35. The van der Waals surface area contributed by atoms with Gasteiger partial charge in [-0.3, -0.25) is 9.59 Å². The number of hydrogen-bond acceptors (Lipinski definition) is 8. The van der Waals surface area contributed by atoms with Crippen molar-refractivity contribution in [3.8, 4) is 17.2 Å². The molecule has 4 aromatic carbocycles. The molecule has 0 N–H and O–H groups in total. The number of esters is 1. The molecule has 0 bridgehead atoms. The quantitative estimate of drug-likeness (QED) is 0.159. The highest BCUT2D eigenvalue weighted by molar-refractivity contribution is 9.10. The number of ketones is 1. The zero-order valence-electron chi connectivity index (χ0n) is 21.6. The molecule has 0 saturated heterocycles. The number of sulfone groups is 1. The van der Waals surface area contributed by atoms with Crippen molar-refractivity contribution >= 4 is 48.5 Å². The first-order valence-electron chi connectivity index (χ1n) is 12.3. The van der Waals surface area contributed by atoms with E-state index >= 15 is 0 Å². The van der Waals surface area contributed by atoms with Crippen molar-refractivity contribution in [1.29, 1.82) is 0 Å². The van der Waals surface area contributed by atoms with Gasteiger partial charge in [-0.2, -0.15) is 0 Å². The number of ether oxygens (including phenoxy) is 2. The fraction of sp³-hybridized carbons (Fsp3) is 0.0645. The zero-order valence-corrected chi connectivity index (χ0v) is 24.0. The minimum atomic E-state index is -4.03. The largest absolute Gasteiger partial charge is 0.457 e. The molecule has 6 rings (SSSR count). The molecule has 5 aromatic rings. The van der Waals surface area contributed by atoms with Gasteiger partial charge in [0, 0.05) is 21.2 Å². The van der Waals surface area contributed by atoms with Crippen LogP contribution in [0, 0.1) is 13.8 Å². The van der Waals surface area contributed by atoms with Crippen LogP contribution >= 0.6 is 15.9 Å². The second-order valence-electron chi connectivity index (χ2n) is 9.37. The minimum Gasteiger partial charge on any atom is -0.457 e. The summed E-state index contributed by atoms with van der Waals surface area (Å²) in [6.07, 6.45) is 0. The maximum atomic E-state index is 13.3. The molecule has 41 heavy (non-hydrogen) atoms. The standard InChI is InChI=1S/C31H19BrO8S/c1-16-24(14-13-23-28(34)30(17(2)38-29(16)23)39-20-10-8-19(32)9-11-20)40-31(35)18-7-12-22-26(15-18)41(36,37)25-6-4-3-5-21(25)27(22)33/h3-15H,1-2H3. The van der Waals surface area contributed by atoms with Crippen molar-refractivity contribution < 1.29 is 31.9 Å². The molecule has 0 atom stereocenters. The van der Waals surface area contributed by atoms with E-state index < -0.39 is 27.0 Å². The maximum absolute atomic E-state index is 13.3. The van der Waals surface area contributed by atoms with E-state index in [1.165, 1.54) is 42.5 Å². The summed E-state index contributed by atoms with van der Waals surface area (Å²) in [5.41, 5.74) is 0.231. The van der Waals surface area contributed by atoms with Gasteiger partial charge in [0.2, 0.25) is 21.0 Å². The zero-order chi connectivity index (χ0) is 29.1. The lowest BCUT2D eigenvalue weighted by Gasteiger charge is -2.19. The first-order valence-corrected chi connectivity index (χ1v) is 14.6. The van der Waals surface area contributed by atoms with E-state index in [9.17, 15) is 22.8 Å². The van der Waals surface area contributed by atoms with Crippen LogP contribution in [0.4, 0.5) is 0 Å². The molecule has 1 aromatic heterocycles. The van der Waals surface area contributed by atoms with Crippen LogP contribution in [-0.4, -0.2) is 20.2 Å². The minimum absolute atomic E-state index is 0.0134. The molecular formula is C31H19BrO8S. The van der Waals surface area contributed by atoms with Gasteiger partial charge >= 0.3 is 5.97 Å². The number of carbonyl (C=O) groups excluding carboxylic acids is 2. The monoisotopic (exact) mass is 630 g/mol. The first kappa shape index (κ1) is 26.7.